The predicted molar refractivity (Wildman–Crippen MR) is 55.0 cm³/mol. The van der Waals surface area contributed by atoms with Crippen LogP contribution in [0.25, 0.3) is 0 Å². The van der Waals surface area contributed by atoms with E-state index in [2.05, 4.69) is 36.5 Å². The van der Waals surface area contributed by atoms with Crippen LogP contribution in [0.1, 0.15) is 29.9 Å². The molecule has 1 aromatic rings. The molecule has 1 aliphatic rings. The van der Waals surface area contributed by atoms with Crippen molar-refractivity contribution in [1.82, 2.24) is 5.32 Å². The van der Waals surface area contributed by atoms with E-state index in [1.165, 1.54) is 24.0 Å². The molecule has 1 aromatic carbocycles. The molecule has 0 spiro atoms. The fourth-order valence-corrected chi connectivity index (χ4v) is 2.11. The van der Waals surface area contributed by atoms with E-state index in [9.17, 15) is 0 Å². The van der Waals surface area contributed by atoms with Crippen molar-refractivity contribution in [2.45, 2.75) is 25.7 Å². The molecule has 0 N–H and O–H groups in total. The maximum absolute atomic E-state index is 4.38. The van der Waals surface area contributed by atoms with Crippen LogP contribution in [-0.4, -0.2) is 13.1 Å². The molecular formula is C12H16N. The summed E-state index contributed by atoms with van der Waals surface area (Å²) in [6.07, 6.45) is 2.48. The molecule has 1 fully saturated rings. The second-order valence-electron chi connectivity index (χ2n) is 3.80. The van der Waals surface area contributed by atoms with Gasteiger partial charge in [0.05, 0.1) is 0 Å². The third-order valence-corrected chi connectivity index (χ3v) is 2.90. The Bertz CT molecular complexity index is 274. The van der Waals surface area contributed by atoms with Gasteiger partial charge in [0, 0.05) is 13.1 Å². The largest absolute Gasteiger partial charge is 0.242 e. The van der Waals surface area contributed by atoms with E-state index >= 15 is 0 Å². The number of benzene rings is 1. The molecule has 0 saturated carbocycles. The van der Waals surface area contributed by atoms with Gasteiger partial charge in [-0.05, 0) is 36.8 Å². The minimum Gasteiger partial charge on any atom is -0.242 e. The van der Waals surface area contributed by atoms with Gasteiger partial charge in [0.1, 0.15) is 0 Å². The van der Waals surface area contributed by atoms with Gasteiger partial charge in [-0.15, -0.1) is 0 Å². The van der Waals surface area contributed by atoms with Crippen molar-refractivity contribution in [2.24, 2.45) is 0 Å². The first-order valence-corrected chi connectivity index (χ1v) is 5.06. The number of piperidine rings is 1. The Kier molecular flexibility index (Phi) is 2.65. The Morgan fingerprint density at radius 2 is 1.85 bits per heavy atom. The fraction of sp³-hybridized carbons (Fsp3) is 0.500. The molecule has 0 aromatic heterocycles. The highest BCUT2D eigenvalue weighted by Gasteiger charge is 2.16. The Balaban J connectivity index is 2.18. The van der Waals surface area contributed by atoms with Crippen LogP contribution in [0.15, 0.2) is 24.3 Å². The molecule has 13 heavy (non-hydrogen) atoms. The molecule has 0 bridgehead atoms. The maximum Gasteiger partial charge on any atom is 0.0139 e. The molecule has 0 unspecified atom stereocenters. The van der Waals surface area contributed by atoms with E-state index < -0.39 is 0 Å². The van der Waals surface area contributed by atoms with Crippen LogP contribution in [0.4, 0.5) is 0 Å². The second kappa shape index (κ2) is 3.93. The number of hydrogen-bond acceptors (Lipinski definition) is 0. The van der Waals surface area contributed by atoms with Crippen LogP contribution in [0.3, 0.4) is 0 Å². The van der Waals surface area contributed by atoms with Crippen molar-refractivity contribution in [3.8, 4) is 0 Å². The van der Waals surface area contributed by atoms with Crippen LogP contribution in [0.2, 0.25) is 0 Å². The lowest BCUT2D eigenvalue weighted by molar-refractivity contribution is 0.452. The molecule has 1 saturated heterocycles. The molecule has 1 radical (unpaired) electrons. The van der Waals surface area contributed by atoms with E-state index in [4.69, 9.17) is 0 Å². The van der Waals surface area contributed by atoms with E-state index in [1.54, 1.807) is 0 Å². The molecule has 1 aliphatic heterocycles. The number of aryl methyl sites for hydroxylation is 1. The van der Waals surface area contributed by atoms with Gasteiger partial charge in [-0.25, -0.2) is 5.32 Å². The molecule has 0 atom stereocenters. The number of rotatable bonds is 1. The van der Waals surface area contributed by atoms with Gasteiger partial charge >= 0.3 is 0 Å². The van der Waals surface area contributed by atoms with Crippen LogP contribution < -0.4 is 5.32 Å². The second-order valence-corrected chi connectivity index (χ2v) is 3.80. The molecule has 0 aliphatic carbocycles. The van der Waals surface area contributed by atoms with Crippen LogP contribution in [0.5, 0.6) is 0 Å². The molecular weight excluding hydrogens is 158 g/mol. The average Bonchev–Trinajstić information content (AvgIpc) is 2.20. The van der Waals surface area contributed by atoms with E-state index in [-0.39, 0.29) is 0 Å². The smallest absolute Gasteiger partial charge is 0.0139 e. The van der Waals surface area contributed by atoms with Crippen molar-refractivity contribution in [3.05, 3.63) is 35.4 Å². The van der Waals surface area contributed by atoms with E-state index in [0.717, 1.165) is 19.0 Å². The number of hydrogen-bond donors (Lipinski definition) is 0. The minimum atomic E-state index is 0.763. The van der Waals surface area contributed by atoms with Crippen molar-refractivity contribution in [1.29, 1.82) is 0 Å². The first kappa shape index (κ1) is 8.76. The van der Waals surface area contributed by atoms with Gasteiger partial charge in [0.25, 0.3) is 0 Å². The SMILES string of the molecule is Cc1ccccc1C1CC[N]CC1. The standard InChI is InChI=1S/C12H16N/c1-10-4-2-3-5-12(10)11-6-8-13-9-7-11/h2-5,11H,6-9H2,1H3. The zero-order chi connectivity index (χ0) is 9.10. The van der Waals surface area contributed by atoms with Gasteiger partial charge in [-0.1, -0.05) is 24.3 Å². The average molecular weight is 174 g/mol. The monoisotopic (exact) mass is 174 g/mol. The fourth-order valence-electron chi connectivity index (χ4n) is 2.11. The zero-order valence-electron chi connectivity index (χ0n) is 8.16. The molecule has 1 heteroatoms. The highest BCUT2D eigenvalue weighted by molar-refractivity contribution is 5.29. The maximum atomic E-state index is 4.38. The first-order valence-electron chi connectivity index (χ1n) is 5.06. The summed E-state index contributed by atoms with van der Waals surface area (Å²) in [4.78, 5) is 0. The Morgan fingerprint density at radius 3 is 2.54 bits per heavy atom. The summed E-state index contributed by atoms with van der Waals surface area (Å²) in [5.74, 6) is 0.763. The topological polar surface area (TPSA) is 14.1 Å². The van der Waals surface area contributed by atoms with Gasteiger partial charge < -0.3 is 0 Å². The third-order valence-electron chi connectivity index (χ3n) is 2.90. The van der Waals surface area contributed by atoms with E-state index in [0.29, 0.717) is 0 Å². The molecule has 69 valence electrons. The first-order chi connectivity index (χ1) is 6.38. The lowest BCUT2D eigenvalue weighted by atomic mass is 9.88. The summed E-state index contributed by atoms with van der Waals surface area (Å²) >= 11 is 0. The highest BCUT2D eigenvalue weighted by atomic mass is 14.9. The van der Waals surface area contributed by atoms with E-state index in [1.807, 2.05) is 0 Å². The van der Waals surface area contributed by atoms with Gasteiger partial charge in [0.15, 0.2) is 0 Å². The van der Waals surface area contributed by atoms with Crippen molar-refractivity contribution in [3.63, 3.8) is 0 Å². The van der Waals surface area contributed by atoms with Crippen molar-refractivity contribution < 1.29 is 0 Å². The summed E-state index contributed by atoms with van der Waals surface area (Å²) in [5.41, 5.74) is 2.98. The Hall–Kier alpha value is -0.820. The normalized spacial score (nSPS) is 18.8. The van der Waals surface area contributed by atoms with Crippen LogP contribution >= 0.6 is 0 Å². The van der Waals surface area contributed by atoms with Crippen LogP contribution in [-0.2, 0) is 0 Å². The molecule has 0 amide bonds. The van der Waals surface area contributed by atoms with Gasteiger partial charge in [0.2, 0.25) is 0 Å². The van der Waals surface area contributed by atoms with Crippen molar-refractivity contribution >= 4 is 0 Å². The van der Waals surface area contributed by atoms with Crippen LogP contribution in [0, 0.1) is 6.92 Å². The number of nitrogens with zero attached hydrogens (tertiary/aromatic N) is 1. The quantitative estimate of drug-likeness (QED) is 0.621. The molecule has 2 rings (SSSR count). The highest BCUT2D eigenvalue weighted by Crippen LogP contribution is 2.27. The summed E-state index contributed by atoms with van der Waals surface area (Å²) in [5, 5.41) is 4.38. The molecule has 1 heterocycles. The summed E-state index contributed by atoms with van der Waals surface area (Å²) in [6.45, 7) is 4.32. The zero-order valence-corrected chi connectivity index (χ0v) is 8.16. The predicted octanol–water partition coefficient (Wildman–Crippen LogP) is 2.48. The summed E-state index contributed by atoms with van der Waals surface area (Å²) in [6, 6.07) is 8.74. The Morgan fingerprint density at radius 1 is 1.15 bits per heavy atom. The Labute approximate surface area is 80.2 Å². The lowest BCUT2D eigenvalue weighted by Crippen LogP contribution is -2.21. The van der Waals surface area contributed by atoms with Gasteiger partial charge in [-0.2, -0.15) is 0 Å². The lowest BCUT2D eigenvalue weighted by Gasteiger charge is -2.23. The summed E-state index contributed by atoms with van der Waals surface area (Å²) in [7, 11) is 0. The third kappa shape index (κ3) is 1.92. The van der Waals surface area contributed by atoms with Gasteiger partial charge in [-0.3, -0.25) is 0 Å². The summed E-state index contributed by atoms with van der Waals surface area (Å²) < 4.78 is 0. The molecule has 1 nitrogen and oxygen atoms in total. The van der Waals surface area contributed by atoms with Crippen molar-refractivity contribution in [2.75, 3.05) is 13.1 Å². The minimum absolute atomic E-state index is 0.763.